The maximum atomic E-state index is 13.3. The van der Waals surface area contributed by atoms with E-state index in [0.717, 1.165) is 5.56 Å². The van der Waals surface area contributed by atoms with Crippen LogP contribution >= 0.6 is 0 Å². The largest absolute Gasteiger partial charge is 0.496 e. The summed E-state index contributed by atoms with van der Waals surface area (Å²) in [5.74, 6) is 0.118. The molecule has 1 amide bonds. The Balaban J connectivity index is 1.68. The van der Waals surface area contributed by atoms with Gasteiger partial charge >= 0.3 is 0 Å². The van der Waals surface area contributed by atoms with Crippen LogP contribution in [0.4, 0.5) is 15.8 Å². The molecular weight excluding hydrogens is 333 g/mol. The van der Waals surface area contributed by atoms with Gasteiger partial charge in [0.2, 0.25) is 0 Å². The summed E-state index contributed by atoms with van der Waals surface area (Å²) in [4.78, 5) is 16.5. The van der Waals surface area contributed by atoms with Gasteiger partial charge in [0.15, 0.2) is 0 Å². The van der Waals surface area contributed by atoms with E-state index >= 15 is 0 Å². The van der Waals surface area contributed by atoms with Gasteiger partial charge in [0, 0.05) is 24.0 Å². The molecule has 3 aromatic rings. The lowest BCUT2D eigenvalue weighted by molar-refractivity contribution is 0.0950. The molecule has 1 aromatic heterocycles. The summed E-state index contributed by atoms with van der Waals surface area (Å²) in [6, 6.07) is 15.2. The van der Waals surface area contributed by atoms with E-state index < -0.39 is 0 Å². The fourth-order valence-corrected chi connectivity index (χ4v) is 2.49. The van der Waals surface area contributed by atoms with Gasteiger partial charge in [0.1, 0.15) is 11.6 Å². The normalized spacial score (nSPS) is 10.2. The van der Waals surface area contributed by atoms with Crippen LogP contribution in [0.2, 0.25) is 0 Å². The van der Waals surface area contributed by atoms with Crippen LogP contribution in [0.15, 0.2) is 67.0 Å². The number of hydrogen-bond acceptors (Lipinski definition) is 4. The predicted molar refractivity (Wildman–Crippen MR) is 98.1 cm³/mol. The number of ether oxygens (including phenoxy) is 1. The van der Waals surface area contributed by atoms with Crippen molar-refractivity contribution >= 4 is 17.3 Å². The maximum absolute atomic E-state index is 13.3. The lowest BCUT2D eigenvalue weighted by Gasteiger charge is -2.10. The van der Waals surface area contributed by atoms with Crippen LogP contribution in [-0.2, 0) is 6.54 Å². The quantitative estimate of drug-likeness (QED) is 0.707. The highest BCUT2D eigenvalue weighted by atomic mass is 19.1. The van der Waals surface area contributed by atoms with Gasteiger partial charge in [-0.05, 0) is 30.3 Å². The SMILES string of the molecule is COc1ccccc1CNC(=O)c1cncc(Nc2cccc(F)c2)c1. The number of amides is 1. The Kier molecular flexibility index (Phi) is 5.43. The van der Waals surface area contributed by atoms with Crippen LogP contribution in [0, 0.1) is 5.82 Å². The van der Waals surface area contributed by atoms with Gasteiger partial charge in [-0.3, -0.25) is 9.78 Å². The molecular formula is C20H18FN3O2. The van der Waals surface area contributed by atoms with Crippen molar-refractivity contribution in [2.45, 2.75) is 6.54 Å². The van der Waals surface area contributed by atoms with Crippen molar-refractivity contribution in [3.05, 3.63) is 83.9 Å². The first-order chi connectivity index (χ1) is 12.7. The Bertz CT molecular complexity index is 915. The third kappa shape index (κ3) is 4.36. The number of nitrogens with one attached hydrogen (secondary N) is 2. The number of benzene rings is 2. The lowest BCUT2D eigenvalue weighted by Crippen LogP contribution is -2.23. The number of carbonyl (C=O) groups excluding carboxylic acids is 1. The lowest BCUT2D eigenvalue weighted by atomic mass is 10.2. The van der Waals surface area contributed by atoms with E-state index in [2.05, 4.69) is 15.6 Å². The summed E-state index contributed by atoms with van der Waals surface area (Å²) in [6.45, 7) is 0.338. The number of nitrogens with zero attached hydrogens (tertiary/aromatic N) is 1. The molecule has 0 spiro atoms. The molecule has 0 aliphatic heterocycles. The van der Waals surface area contributed by atoms with Gasteiger partial charge in [-0.15, -0.1) is 0 Å². The summed E-state index contributed by atoms with van der Waals surface area (Å²) >= 11 is 0. The van der Waals surface area contributed by atoms with E-state index in [-0.39, 0.29) is 11.7 Å². The van der Waals surface area contributed by atoms with E-state index in [4.69, 9.17) is 4.74 Å². The standard InChI is InChI=1S/C20H18FN3O2/c1-26-19-8-3-2-5-14(19)12-23-20(25)15-9-18(13-22-11-15)24-17-7-4-6-16(21)10-17/h2-11,13,24H,12H2,1H3,(H,23,25). The third-order valence-electron chi connectivity index (χ3n) is 3.75. The van der Waals surface area contributed by atoms with Crippen LogP contribution in [0.1, 0.15) is 15.9 Å². The second-order valence-electron chi connectivity index (χ2n) is 5.59. The van der Waals surface area contributed by atoms with E-state index in [1.807, 2.05) is 24.3 Å². The van der Waals surface area contributed by atoms with Crippen molar-refractivity contribution in [2.75, 3.05) is 12.4 Å². The number of carbonyl (C=O) groups is 1. The molecule has 0 radical (unpaired) electrons. The minimum absolute atomic E-state index is 0.258. The molecule has 0 bridgehead atoms. The van der Waals surface area contributed by atoms with E-state index in [0.29, 0.717) is 29.2 Å². The molecule has 0 aliphatic carbocycles. The van der Waals surface area contributed by atoms with Crippen molar-refractivity contribution in [2.24, 2.45) is 0 Å². The molecule has 3 rings (SSSR count). The summed E-state index contributed by atoms with van der Waals surface area (Å²) in [5.41, 5.74) is 2.46. The monoisotopic (exact) mass is 351 g/mol. The van der Waals surface area contributed by atoms with Gasteiger partial charge in [-0.1, -0.05) is 24.3 Å². The predicted octanol–water partition coefficient (Wildman–Crippen LogP) is 3.90. The molecule has 0 unspecified atom stereocenters. The summed E-state index contributed by atoms with van der Waals surface area (Å²) in [6.07, 6.45) is 3.05. The average Bonchev–Trinajstić information content (AvgIpc) is 2.66. The first kappa shape index (κ1) is 17.4. The van der Waals surface area contributed by atoms with Gasteiger partial charge in [-0.25, -0.2) is 4.39 Å². The fraction of sp³-hybridized carbons (Fsp3) is 0.100. The van der Waals surface area contributed by atoms with Crippen molar-refractivity contribution in [3.8, 4) is 5.75 Å². The molecule has 0 fully saturated rings. The summed E-state index contributed by atoms with van der Waals surface area (Å²) in [5, 5.41) is 5.87. The topological polar surface area (TPSA) is 63.2 Å². The van der Waals surface area contributed by atoms with Crippen LogP contribution < -0.4 is 15.4 Å². The second kappa shape index (κ2) is 8.11. The minimum Gasteiger partial charge on any atom is -0.496 e. The zero-order chi connectivity index (χ0) is 18.4. The van der Waals surface area contributed by atoms with Gasteiger partial charge in [-0.2, -0.15) is 0 Å². The van der Waals surface area contributed by atoms with Crippen LogP contribution in [0.3, 0.4) is 0 Å². The molecule has 0 saturated carbocycles. The molecule has 2 aromatic carbocycles. The molecule has 1 heterocycles. The first-order valence-corrected chi connectivity index (χ1v) is 8.03. The van der Waals surface area contributed by atoms with Gasteiger partial charge in [0.25, 0.3) is 5.91 Å². The van der Waals surface area contributed by atoms with E-state index in [9.17, 15) is 9.18 Å². The number of hydrogen-bond donors (Lipinski definition) is 2. The Labute approximate surface area is 150 Å². The highest BCUT2D eigenvalue weighted by Crippen LogP contribution is 2.19. The van der Waals surface area contributed by atoms with Crippen molar-refractivity contribution in [3.63, 3.8) is 0 Å². The number of para-hydroxylation sites is 1. The molecule has 5 nitrogen and oxygen atoms in total. The molecule has 0 saturated heterocycles. The Hall–Kier alpha value is -3.41. The van der Waals surface area contributed by atoms with Gasteiger partial charge < -0.3 is 15.4 Å². The fourth-order valence-electron chi connectivity index (χ4n) is 2.49. The summed E-state index contributed by atoms with van der Waals surface area (Å²) < 4.78 is 18.5. The van der Waals surface area contributed by atoms with Crippen LogP contribution in [0.5, 0.6) is 5.75 Å². The van der Waals surface area contributed by atoms with Crippen molar-refractivity contribution < 1.29 is 13.9 Å². The van der Waals surface area contributed by atoms with Crippen LogP contribution in [-0.4, -0.2) is 18.0 Å². The Morgan fingerprint density at radius 2 is 1.92 bits per heavy atom. The number of methoxy groups -OCH3 is 1. The minimum atomic E-state index is -0.339. The summed E-state index contributed by atoms with van der Waals surface area (Å²) in [7, 11) is 1.59. The Morgan fingerprint density at radius 1 is 1.08 bits per heavy atom. The number of anilines is 2. The first-order valence-electron chi connectivity index (χ1n) is 8.03. The van der Waals surface area contributed by atoms with Crippen molar-refractivity contribution in [1.29, 1.82) is 0 Å². The number of aromatic nitrogens is 1. The highest BCUT2D eigenvalue weighted by Gasteiger charge is 2.09. The number of halogens is 1. The maximum Gasteiger partial charge on any atom is 0.253 e. The molecule has 0 aliphatic rings. The van der Waals surface area contributed by atoms with E-state index in [1.165, 1.54) is 18.3 Å². The zero-order valence-electron chi connectivity index (χ0n) is 14.2. The number of rotatable bonds is 6. The van der Waals surface area contributed by atoms with Gasteiger partial charge in [0.05, 0.1) is 24.6 Å². The molecule has 2 N–H and O–H groups in total. The van der Waals surface area contributed by atoms with Crippen molar-refractivity contribution in [1.82, 2.24) is 10.3 Å². The average molecular weight is 351 g/mol. The molecule has 26 heavy (non-hydrogen) atoms. The van der Waals surface area contributed by atoms with E-state index in [1.54, 1.807) is 31.5 Å². The Morgan fingerprint density at radius 3 is 2.73 bits per heavy atom. The highest BCUT2D eigenvalue weighted by molar-refractivity contribution is 5.94. The molecule has 132 valence electrons. The third-order valence-corrected chi connectivity index (χ3v) is 3.75. The smallest absolute Gasteiger partial charge is 0.253 e. The van der Waals surface area contributed by atoms with Crippen LogP contribution in [0.25, 0.3) is 0 Å². The molecule has 0 atom stereocenters. The zero-order valence-corrected chi connectivity index (χ0v) is 14.2. The second-order valence-corrected chi connectivity index (χ2v) is 5.59. The molecule has 6 heteroatoms. The number of pyridine rings is 1.